The number of piperidine rings is 1. The Bertz CT molecular complexity index is 213. The highest BCUT2D eigenvalue weighted by molar-refractivity contribution is 5.78. The quantitative estimate of drug-likeness (QED) is 0.642. The minimum atomic E-state index is -0.416. The van der Waals surface area contributed by atoms with Crippen molar-refractivity contribution in [1.29, 1.82) is 0 Å². The van der Waals surface area contributed by atoms with Crippen LogP contribution in [-0.2, 0) is 4.79 Å². The van der Waals surface area contributed by atoms with Gasteiger partial charge in [0.25, 0.3) is 0 Å². The summed E-state index contributed by atoms with van der Waals surface area (Å²) in [6, 6.07) is 0. The fourth-order valence-corrected chi connectivity index (χ4v) is 2.07. The summed E-state index contributed by atoms with van der Waals surface area (Å²) >= 11 is 0. The van der Waals surface area contributed by atoms with Crippen LogP contribution in [0.2, 0.25) is 0 Å². The van der Waals surface area contributed by atoms with Gasteiger partial charge in [-0.15, -0.1) is 0 Å². The maximum atomic E-state index is 11.7. The Morgan fingerprint density at radius 1 is 1.56 bits per heavy atom. The highest BCUT2D eigenvalue weighted by Crippen LogP contribution is 2.10. The molecule has 1 saturated heterocycles. The Hall–Kier alpha value is -0.610. The number of hydrogen-bond donors (Lipinski definition) is 3. The van der Waals surface area contributed by atoms with Crippen molar-refractivity contribution >= 4 is 5.91 Å². The number of carbonyl (C=O) groups is 1. The number of rotatable bonds is 5. The second-order valence-electron chi connectivity index (χ2n) is 5.07. The zero-order valence-electron chi connectivity index (χ0n) is 10.3. The zero-order valence-corrected chi connectivity index (χ0v) is 10.3. The van der Waals surface area contributed by atoms with Crippen LogP contribution in [0.4, 0.5) is 0 Å². The molecular formula is C12H24N2O2. The Kier molecular flexibility index (Phi) is 5.77. The number of nitrogens with one attached hydrogen (secondary N) is 2. The molecule has 0 aromatic heterocycles. The van der Waals surface area contributed by atoms with Crippen LogP contribution in [0.25, 0.3) is 0 Å². The summed E-state index contributed by atoms with van der Waals surface area (Å²) < 4.78 is 0. The first-order valence-electron chi connectivity index (χ1n) is 6.26. The van der Waals surface area contributed by atoms with Crippen LogP contribution in [0.3, 0.4) is 0 Å². The molecule has 3 N–H and O–H groups in total. The first kappa shape index (κ1) is 13.5. The van der Waals surface area contributed by atoms with Gasteiger partial charge in [-0.2, -0.15) is 0 Å². The predicted molar refractivity (Wildman–Crippen MR) is 64.1 cm³/mol. The van der Waals surface area contributed by atoms with Crippen LogP contribution in [0, 0.1) is 11.8 Å². The average molecular weight is 228 g/mol. The van der Waals surface area contributed by atoms with E-state index in [-0.39, 0.29) is 11.8 Å². The fourth-order valence-electron chi connectivity index (χ4n) is 2.07. The molecule has 94 valence electrons. The van der Waals surface area contributed by atoms with Crippen molar-refractivity contribution in [2.24, 2.45) is 11.8 Å². The standard InChI is InChI=1S/C12H24N2O2/c1-9(2)6-11(15)8-14-12(16)10-4-3-5-13-7-10/h9-11,13,15H,3-8H2,1-2H3,(H,14,16)/t10-,11?/m0/s1. The molecule has 1 aliphatic heterocycles. The van der Waals surface area contributed by atoms with E-state index in [0.29, 0.717) is 12.5 Å². The van der Waals surface area contributed by atoms with E-state index in [4.69, 9.17) is 0 Å². The molecule has 1 fully saturated rings. The topological polar surface area (TPSA) is 61.4 Å². The molecule has 0 bridgehead atoms. The number of aliphatic hydroxyl groups excluding tert-OH is 1. The third-order valence-corrected chi connectivity index (χ3v) is 2.92. The molecule has 2 atom stereocenters. The molecule has 4 nitrogen and oxygen atoms in total. The first-order valence-corrected chi connectivity index (χ1v) is 6.26. The summed E-state index contributed by atoms with van der Waals surface area (Å²) in [6.07, 6.45) is 2.34. The van der Waals surface area contributed by atoms with Crippen molar-refractivity contribution in [2.75, 3.05) is 19.6 Å². The third kappa shape index (κ3) is 4.94. The molecule has 1 aliphatic rings. The first-order chi connectivity index (χ1) is 7.59. The number of amides is 1. The molecule has 0 saturated carbocycles. The second-order valence-corrected chi connectivity index (χ2v) is 5.07. The smallest absolute Gasteiger partial charge is 0.224 e. The SMILES string of the molecule is CC(C)CC(O)CNC(=O)[C@H]1CCCNC1. The summed E-state index contributed by atoms with van der Waals surface area (Å²) in [5, 5.41) is 15.7. The summed E-state index contributed by atoms with van der Waals surface area (Å²) in [6.45, 7) is 6.30. The molecule has 1 heterocycles. The van der Waals surface area contributed by atoms with Crippen LogP contribution in [0.5, 0.6) is 0 Å². The van der Waals surface area contributed by atoms with E-state index in [1.54, 1.807) is 0 Å². The summed E-state index contributed by atoms with van der Waals surface area (Å²) in [7, 11) is 0. The monoisotopic (exact) mass is 228 g/mol. The van der Waals surface area contributed by atoms with Crippen LogP contribution in [0.1, 0.15) is 33.1 Å². The van der Waals surface area contributed by atoms with Gasteiger partial charge in [0.2, 0.25) is 5.91 Å². The van der Waals surface area contributed by atoms with E-state index in [9.17, 15) is 9.90 Å². The highest BCUT2D eigenvalue weighted by atomic mass is 16.3. The van der Waals surface area contributed by atoms with Gasteiger partial charge >= 0.3 is 0 Å². The normalized spacial score (nSPS) is 23.1. The van der Waals surface area contributed by atoms with Crippen LogP contribution < -0.4 is 10.6 Å². The van der Waals surface area contributed by atoms with Crippen molar-refractivity contribution < 1.29 is 9.90 Å². The van der Waals surface area contributed by atoms with Gasteiger partial charge < -0.3 is 15.7 Å². The lowest BCUT2D eigenvalue weighted by Crippen LogP contribution is -2.42. The largest absolute Gasteiger partial charge is 0.391 e. The average Bonchev–Trinajstić information content (AvgIpc) is 2.26. The van der Waals surface area contributed by atoms with E-state index in [1.807, 2.05) is 0 Å². The third-order valence-electron chi connectivity index (χ3n) is 2.92. The van der Waals surface area contributed by atoms with Gasteiger partial charge in [-0.05, 0) is 31.7 Å². The number of carbonyl (C=O) groups excluding carboxylic acids is 1. The minimum absolute atomic E-state index is 0.0787. The molecule has 1 amide bonds. The molecule has 1 unspecified atom stereocenters. The molecule has 0 aromatic carbocycles. The van der Waals surface area contributed by atoms with Crippen molar-refractivity contribution in [3.8, 4) is 0 Å². The zero-order chi connectivity index (χ0) is 12.0. The van der Waals surface area contributed by atoms with E-state index < -0.39 is 6.10 Å². The predicted octanol–water partition coefficient (Wildman–Crippen LogP) is 0.509. The second kappa shape index (κ2) is 6.86. The van der Waals surface area contributed by atoms with Gasteiger partial charge in [0.15, 0.2) is 0 Å². The van der Waals surface area contributed by atoms with Gasteiger partial charge in [-0.3, -0.25) is 4.79 Å². The van der Waals surface area contributed by atoms with Crippen LogP contribution in [0.15, 0.2) is 0 Å². The van der Waals surface area contributed by atoms with E-state index in [0.717, 1.165) is 32.4 Å². The van der Waals surface area contributed by atoms with E-state index in [2.05, 4.69) is 24.5 Å². The fraction of sp³-hybridized carbons (Fsp3) is 0.917. The van der Waals surface area contributed by atoms with Crippen LogP contribution >= 0.6 is 0 Å². The Balaban J connectivity index is 2.18. The molecule has 16 heavy (non-hydrogen) atoms. The van der Waals surface area contributed by atoms with Crippen LogP contribution in [-0.4, -0.2) is 36.8 Å². The molecular weight excluding hydrogens is 204 g/mol. The Labute approximate surface area is 97.8 Å². The van der Waals surface area contributed by atoms with E-state index in [1.165, 1.54) is 0 Å². The molecule has 1 rings (SSSR count). The van der Waals surface area contributed by atoms with Gasteiger partial charge in [0.1, 0.15) is 0 Å². The number of hydrogen-bond acceptors (Lipinski definition) is 3. The maximum absolute atomic E-state index is 11.7. The summed E-state index contributed by atoms with van der Waals surface area (Å²) in [4.78, 5) is 11.7. The van der Waals surface area contributed by atoms with E-state index >= 15 is 0 Å². The summed E-state index contributed by atoms with van der Waals surface area (Å²) in [5.41, 5.74) is 0. The minimum Gasteiger partial charge on any atom is -0.391 e. The van der Waals surface area contributed by atoms with Gasteiger partial charge in [-0.1, -0.05) is 13.8 Å². The van der Waals surface area contributed by atoms with Crippen molar-refractivity contribution in [3.05, 3.63) is 0 Å². The van der Waals surface area contributed by atoms with Crippen molar-refractivity contribution in [2.45, 2.75) is 39.2 Å². The molecule has 4 heteroatoms. The highest BCUT2D eigenvalue weighted by Gasteiger charge is 2.21. The molecule has 0 spiro atoms. The van der Waals surface area contributed by atoms with Crippen molar-refractivity contribution in [1.82, 2.24) is 10.6 Å². The van der Waals surface area contributed by atoms with Crippen molar-refractivity contribution in [3.63, 3.8) is 0 Å². The Morgan fingerprint density at radius 3 is 2.88 bits per heavy atom. The molecule has 0 aliphatic carbocycles. The Morgan fingerprint density at radius 2 is 2.31 bits per heavy atom. The lowest BCUT2D eigenvalue weighted by atomic mass is 9.98. The van der Waals surface area contributed by atoms with Gasteiger partial charge in [-0.25, -0.2) is 0 Å². The van der Waals surface area contributed by atoms with Gasteiger partial charge in [0.05, 0.1) is 12.0 Å². The lowest BCUT2D eigenvalue weighted by Gasteiger charge is -2.22. The number of aliphatic hydroxyl groups is 1. The lowest BCUT2D eigenvalue weighted by molar-refractivity contribution is -0.126. The molecule has 0 radical (unpaired) electrons. The van der Waals surface area contributed by atoms with Gasteiger partial charge in [0, 0.05) is 13.1 Å². The summed E-state index contributed by atoms with van der Waals surface area (Å²) in [5.74, 6) is 0.623. The molecule has 0 aromatic rings. The maximum Gasteiger partial charge on any atom is 0.224 e.